The van der Waals surface area contributed by atoms with Crippen molar-refractivity contribution in [3.8, 4) is 11.6 Å². The fourth-order valence-electron chi connectivity index (χ4n) is 2.72. The van der Waals surface area contributed by atoms with Crippen molar-refractivity contribution in [2.45, 2.75) is 6.92 Å². The van der Waals surface area contributed by atoms with Crippen molar-refractivity contribution in [1.29, 1.82) is 5.41 Å². The summed E-state index contributed by atoms with van der Waals surface area (Å²) >= 11 is 1.24. The Balaban J connectivity index is 1.81. The van der Waals surface area contributed by atoms with Gasteiger partial charge in [-0.3, -0.25) is 15.0 Å². The maximum Gasteiger partial charge on any atom is 0.215 e. The molecule has 0 saturated carbocycles. The van der Waals surface area contributed by atoms with Crippen molar-refractivity contribution in [2.75, 3.05) is 0 Å². The standard InChI is InChI=1S/C19H15N3OS/c1-12-6-8-14(9-7-12)22-18(23)17(24-19(22)20)10-13-11-21-16-5-3-2-4-15(13)16/h2-11,20,23H,1H3/b13-10-,20-19?. The molecule has 0 bridgehead atoms. The molecular weight excluding hydrogens is 318 g/mol. The smallest absolute Gasteiger partial charge is 0.215 e. The second kappa shape index (κ2) is 5.62. The number of benzene rings is 2. The molecule has 118 valence electrons. The van der Waals surface area contributed by atoms with Crippen LogP contribution in [0.4, 0.5) is 5.69 Å². The Bertz CT molecular complexity index is 1040. The van der Waals surface area contributed by atoms with Gasteiger partial charge in [-0.05, 0) is 31.2 Å². The molecule has 1 aliphatic heterocycles. The molecule has 0 spiro atoms. The van der Waals surface area contributed by atoms with E-state index >= 15 is 0 Å². The van der Waals surface area contributed by atoms with Crippen LogP contribution in [0.25, 0.3) is 17.3 Å². The molecule has 0 unspecified atom stereocenters. The van der Waals surface area contributed by atoms with Crippen molar-refractivity contribution < 1.29 is 5.11 Å². The summed E-state index contributed by atoms with van der Waals surface area (Å²) in [6.45, 7) is 2.01. The first-order valence-corrected chi connectivity index (χ1v) is 8.37. The van der Waals surface area contributed by atoms with Crippen LogP contribution in [0.1, 0.15) is 16.0 Å². The number of aromatic hydroxyl groups is 1. The lowest BCUT2D eigenvalue weighted by molar-refractivity contribution is 0.438. The van der Waals surface area contributed by atoms with Crippen LogP contribution in [0, 0.1) is 12.3 Å². The van der Waals surface area contributed by atoms with Crippen LogP contribution in [0.2, 0.25) is 0 Å². The van der Waals surface area contributed by atoms with Crippen LogP contribution in [0.3, 0.4) is 0 Å². The van der Waals surface area contributed by atoms with Crippen molar-refractivity contribution in [3.63, 3.8) is 0 Å². The highest BCUT2D eigenvalue weighted by Gasteiger charge is 2.16. The summed E-state index contributed by atoms with van der Waals surface area (Å²) in [7, 11) is 0. The summed E-state index contributed by atoms with van der Waals surface area (Å²) < 4.78 is 1.55. The zero-order valence-electron chi connectivity index (χ0n) is 13.0. The molecule has 2 N–H and O–H groups in total. The quantitative estimate of drug-likeness (QED) is 0.722. The molecule has 24 heavy (non-hydrogen) atoms. The van der Waals surface area contributed by atoms with E-state index in [2.05, 4.69) is 4.99 Å². The number of rotatable bonds is 2. The highest BCUT2D eigenvalue weighted by molar-refractivity contribution is 7.10. The molecule has 2 aromatic carbocycles. The van der Waals surface area contributed by atoms with Gasteiger partial charge in [-0.1, -0.05) is 47.2 Å². The molecular formula is C19H15N3OS. The molecule has 4 nitrogen and oxygen atoms in total. The number of allylic oxidation sites excluding steroid dienone is 1. The van der Waals surface area contributed by atoms with Crippen LogP contribution in [-0.4, -0.2) is 15.9 Å². The Hall–Kier alpha value is -2.92. The maximum absolute atomic E-state index is 10.6. The number of fused-ring (bicyclic) bond motifs is 1. The van der Waals surface area contributed by atoms with Gasteiger partial charge in [0, 0.05) is 17.4 Å². The summed E-state index contributed by atoms with van der Waals surface area (Å²) in [5.74, 6) is 0.0825. The highest BCUT2D eigenvalue weighted by Crippen LogP contribution is 2.34. The number of hydrogen-bond donors (Lipinski definition) is 2. The number of aromatic nitrogens is 1. The molecule has 0 radical (unpaired) electrons. The van der Waals surface area contributed by atoms with Gasteiger partial charge in [0.15, 0.2) is 4.80 Å². The minimum atomic E-state index is 0.0825. The minimum Gasteiger partial charge on any atom is -0.493 e. The van der Waals surface area contributed by atoms with Crippen LogP contribution in [0.15, 0.2) is 53.5 Å². The highest BCUT2D eigenvalue weighted by atomic mass is 32.1. The Morgan fingerprint density at radius 1 is 1.12 bits per heavy atom. The molecule has 1 aliphatic rings. The number of para-hydroxylation sites is 1. The second-order valence-corrected chi connectivity index (χ2v) is 6.67. The first kappa shape index (κ1) is 14.7. The van der Waals surface area contributed by atoms with E-state index in [1.807, 2.05) is 61.5 Å². The van der Waals surface area contributed by atoms with Gasteiger partial charge in [0.05, 0.1) is 16.3 Å². The molecule has 0 fully saturated rings. The zero-order chi connectivity index (χ0) is 16.7. The monoisotopic (exact) mass is 333 g/mol. The van der Waals surface area contributed by atoms with E-state index in [1.165, 1.54) is 11.3 Å². The molecule has 0 atom stereocenters. The Kier molecular flexibility index (Phi) is 3.43. The summed E-state index contributed by atoms with van der Waals surface area (Å²) in [5.41, 5.74) is 4.83. The van der Waals surface area contributed by atoms with Gasteiger partial charge in [0.2, 0.25) is 5.88 Å². The average Bonchev–Trinajstić information content (AvgIpc) is 3.11. The summed E-state index contributed by atoms with van der Waals surface area (Å²) in [5, 5.41) is 18.8. The lowest BCUT2D eigenvalue weighted by Crippen LogP contribution is -2.09. The summed E-state index contributed by atoms with van der Waals surface area (Å²) in [4.78, 5) is 5.31. The van der Waals surface area contributed by atoms with Gasteiger partial charge in [0.25, 0.3) is 0 Å². The van der Waals surface area contributed by atoms with Gasteiger partial charge in [-0.2, -0.15) is 0 Å². The normalized spacial score (nSPS) is 14.3. The molecule has 0 saturated heterocycles. The fourth-order valence-corrected chi connectivity index (χ4v) is 3.58. The lowest BCUT2D eigenvalue weighted by atomic mass is 10.1. The Morgan fingerprint density at radius 3 is 2.67 bits per heavy atom. The third kappa shape index (κ3) is 2.39. The van der Waals surface area contributed by atoms with Crippen LogP contribution in [-0.2, 0) is 0 Å². The SMILES string of the molecule is Cc1ccc(-n2c(O)c(/C=C3/C=Nc4ccccc43)sc2=N)cc1. The van der Waals surface area contributed by atoms with Gasteiger partial charge in [0.1, 0.15) is 0 Å². The first-order chi connectivity index (χ1) is 11.6. The third-order valence-electron chi connectivity index (χ3n) is 3.98. The van der Waals surface area contributed by atoms with E-state index in [1.54, 1.807) is 10.8 Å². The molecule has 0 amide bonds. The van der Waals surface area contributed by atoms with Gasteiger partial charge >= 0.3 is 0 Å². The number of aryl methyl sites for hydroxylation is 1. The van der Waals surface area contributed by atoms with Gasteiger partial charge in [-0.15, -0.1) is 0 Å². The number of nitrogens with one attached hydrogen (secondary N) is 1. The first-order valence-electron chi connectivity index (χ1n) is 7.55. The molecule has 2 heterocycles. The lowest BCUT2D eigenvalue weighted by Gasteiger charge is -2.05. The Labute approximate surface area is 143 Å². The molecule has 4 rings (SSSR count). The molecule has 0 aliphatic carbocycles. The van der Waals surface area contributed by atoms with E-state index in [9.17, 15) is 5.11 Å². The minimum absolute atomic E-state index is 0.0825. The number of aliphatic imine (C=N–C) groups is 1. The largest absolute Gasteiger partial charge is 0.493 e. The van der Waals surface area contributed by atoms with Crippen molar-refractivity contribution in [3.05, 3.63) is 69.3 Å². The van der Waals surface area contributed by atoms with Crippen molar-refractivity contribution in [2.24, 2.45) is 4.99 Å². The van der Waals surface area contributed by atoms with E-state index in [-0.39, 0.29) is 10.7 Å². The molecule has 5 heteroatoms. The third-order valence-corrected chi connectivity index (χ3v) is 4.87. The predicted molar refractivity (Wildman–Crippen MR) is 98.4 cm³/mol. The Morgan fingerprint density at radius 2 is 1.88 bits per heavy atom. The van der Waals surface area contributed by atoms with E-state index < -0.39 is 0 Å². The van der Waals surface area contributed by atoms with E-state index in [0.717, 1.165) is 28.1 Å². The molecule has 3 aromatic rings. The van der Waals surface area contributed by atoms with Crippen molar-refractivity contribution in [1.82, 2.24) is 4.57 Å². The number of hydrogen-bond acceptors (Lipinski definition) is 4. The number of nitrogens with zero attached hydrogens (tertiary/aromatic N) is 2. The van der Waals surface area contributed by atoms with E-state index in [4.69, 9.17) is 5.41 Å². The summed E-state index contributed by atoms with van der Waals surface area (Å²) in [6, 6.07) is 15.6. The average molecular weight is 333 g/mol. The van der Waals surface area contributed by atoms with Crippen LogP contribution < -0.4 is 4.80 Å². The zero-order valence-corrected chi connectivity index (χ0v) is 13.8. The fraction of sp³-hybridized carbons (Fsp3) is 0.0526. The molecule has 1 aromatic heterocycles. The van der Waals surface area contributed by atoms with Crippen LogP contribution >= 0.6 is 11.3 Å². The number of thiazole rings is 1. The van der Waals surface area contributed by atoms with Crippen LogP contribution in [0.5, 0.6) is 5.88 Å². The van der Waals surface area contributed by atoms with Gasteiger partial charge < -0.3 is 5.11 Å². The van der Waals surface area contributed by atoms with Crippen molar-refractivity contribution >= 4 is 34.9 Å². The predicted octanol–water partition coefficient (Wildman–Crippen LogP) is 4.29. The van der Waals surface area contributed by atoms with Gasteiger partial charge in [-0.25, -0.2) is 0 Å². The maximum atomic E-state index is 10.6. The summed E-state index contributed by atoms with van der Waals surface area (Å²) in [6.07, 6.45) is 3.68. The second-order valence-electron chi connectivity index (χ2n) is 5.64. The van der Waals surface area contributed by atoms with E-state index in [0.29, 0.717) is 4.88 Å². The topological polar surface area (TPSA) is 61.4 Å².